The van der Waals surface area contributed by atoms with E-state index < -0.39 is 0 Å². The highest BCUT2D eigenvalue weighted by molar-refractivity contribution is 5.91. The molecular formula is C19H22N6O. The number of hydrogen-bond donors (Lipinski definition) is 1. The molecule has 0 spiro atoms. The second kappa shape index (κ2) is 6.84. The van der Waals surface area contributed by atoms with E-state index in [4.69, 9.17) is 0 Å². The highest BCUT2D eigenvalue weighted by atomic mass is 16.2. The fourth-order valence-corrected chi connectivity index (χ4v) is 3.35. The first-order chi connectivity index (χ1) is 12.7. The summed E-state index contributed by atoms with van der Waals surface area (Å²) in [6, 6.07) is 10.3. The largest absolute Gasteiger partial charge is 0.326 e. The molecule has 1 aliphatic rings. The zero-order valence-corrected chi connectivity index (χ0v) is 15.0. The number of carbonyl (C=O) groups excluding carboxylic acids is 1. The molecule has 3 heterocycles. The maximum atomic E-state index is 13.1. The Bertz CT molecular complexity index is 933. The summed E-state index contributed by atoms with van der Waals surface area (Å²) in [6.45, 7) is 6.17. The molecule has 0 saturated carbocycles. The van der Waals surface area contributed by atoms with Gasteiger partial charge in [0.2, 0.25) is 5.82 Å². The quantitative estimate of drug-likeness (QED) is 0.779. The van der Waals surface area contributed by atoms with Gasteiger partial charge in [-0.25, -0.2) is 9.50 Å². The molecule has 26 heavy (non-hydrogen) atoms. The molecule has 7 nitrogen and oxygen atoms in total. The molecule has 1 fully saturated rings. The Hall–Kier alpha value is -2.80. The van der Waals surface area contributed by atoms with Crippen LogP contribution in [0.25, 0.3) is 5.78 Å². The predicted molar refractivity (Wildman–Crippen MR) is 98.0 cm³/mol. The minimum absolute atomic E-state index is 0.0252. The van der Waals surface area contributed by atoms with E-state index >= 15 is 0 Å². The molecule has 134 valence electrons. The maximum Gasteiger partial charge on any atom is 0.294 e. The number of fused-ring (bicyclic) bond motifs is 1. The summed E-state index contributed by atoms with van der Waals surface area (Å²) < 4.78 is 1.61. The van der Waals surface area contributed by atoms with Gasteiger partial charge in [-0.3, -0.25) is 4.79 Å². The molecule has 1 aromatic carbocycles. The number of nitrogens with one attached hydrogen (secondary N) is 1. The van der Waals surface area contributed by atoms with Crippen molar-refractivity contribution in [2.75, 3.05) is 19.6 Å². The van der Waals surface area contributed by atoms with Crippen LogP contribution >= 0.6 is 0 Å². The topological polar surface area (TPSA) is 75.4 Å². The first-order valence-electron chi connectivity index (χ1n) is 8.96. The lowest BCUT2D eigenvalue weighted by atomic mass is 10.0. The first-order valence-corrected chi connectivity index (χ1v) is 8.96. The maximum absolute atomic E-state index is 13.1. The van der Waals surface area contributed by atoms with Crippen molar-refractivity contribution in [1.82, 2.24) is 29.8 Å². The van der Waals surface area contributed by atoms with Crippen molar-refractivity contribution >= 4 is 11.7 Å². The Balaban J connectivity index is 1.66. The summed E-state index contributed by atoms with van der Waals surface area (Å²) in [6.07, 6.45) is 2.68. The van der Waals surface area contributed by atoms with Gasteiger partial charge in [0.25, 0.3) is 11.7 Å². The van der Waals surface area contributed by atoms with E-state index in [-0.39, 0.29) is 17.8 Å². The van der Waals surface area contributed by atoms with E-state index in [2.05, 4.69) is 51.6 Å². The van der Waals surface area contributed by atoms with Crippen LogP contribution in [0, 0.1) is 6.92 Å². The lowest BCUT2D eigenvalue weighted by molar-refractivity contribution is 0.0622. The molecule has 2 aromatic heterocycles. The Labute approximate surface area is 152 Å². The van der Waals surface area contributed by atoms with Crippen LogP contribution in [0.15, 0.2) is 36.5 Å². The van der Waals surface area contributed by atoms with E-state index in [0.717, 1.165) is 30.8 Å². The van der Waals surface area contributed by atoms with E-state index in [9.17, 15) is 4.79 Å². The molecule has 1 amide bonds. The van der Waals surface area contributed by atoms with Gasteiger partial charge in [-0.15, -0.1) is 5.10 Å². The van der Waals surface area contributed by atoms with Gasteiger partial charge in [-0.2, -0.15) is 4.98 Å². The van der Waals surface area contributed by atoms with Crippen molar-refractivity contribution in [2.24, 2.45) is 0 Å². The Morgan fingerprint density at radius 2 is 2.08 bits per heavy atom. The minimum Gasteiger partial charge on any atom is -0.326 e. The standard InChI is InChI=1S/C19H22N6O/c1-3-14-4-6-15(7-5-14)16-12-20-10-11-24(16)18(26)17-22-19-21-9-8-13(2)25(19)23-17/h4-9,16,20H,3,10-12H2,1-2H3. The number of amides is 1. The normalized spacial score (nSPS) is 17.6. The number of hydrogen-bond acceptors (Lipinski definition) is 5. The van der Waals surface area contributed by atoms with Crippen LogP contribution in [0.2, 0.25) is 0 Å². The van der Waals surface area contributed by atoms with E-state index in [0.29, 0.717) is 12.3 Å². The Morgan fingerprint density at radius 1 is 1.27 bits per heavy atom. The summed E-state index contributed by atoms with van der Waals surface area (Å²) in [7, 11) is 0. The fraction of sp³-hybridized carbons (Fsp3) is 0.368. The van der Waals surface area contributed by atoms with Crippen LogP contribution in [0.4, 0.5) is 0 Å². The summed E-state index contributed by atoms with van der Waals surface area (Å²) in [5.74, 6) is 0.497. The number of aryl methyl sites for hydroxylation is 2. The van der Waals surface area contributed by atoms with Crippen LogP contribution in [0.1, 0.15) is 40.4 Å². The van der Waals surface area contributed by atoms with Crippen molar-refractivity contribution < 1.29 is 4.79 Å². The van der Waals surface area contributed by atoms with Crippen molar-refractivity contribution in [3.63, 3.8) is 0 Å². The molecule has 0 bridgehead atoms. The summed E-state index contributed by atoms with van der Waals surface area (Å²) >= 11 is 0. The molecule has 0 aliphatic carbocycles. The molecule has 7 heteroatoms. The van der Waals surface area contributed by atoms with Crippen LogP contribution in [0.3, 0.4) is 0 Å². The molecule has 1 aliphatic heterocycles. The highest BCUT2D eigenvalue weighted by Gasteiger charge is 2.31. The number of piperazine rings is 1. The van der Waals surface area contributed by atoms with E-state index in [1.807, 2.05) is 17.9 Å². The van der Waals surface area contributed by atoms with Gasteiger partial charge in [-0.1, -0.05) is 31.2 Å². The van der Waals surface area contributed by atoms with Gasteiger partial charge < -0.3 is 10.2 Å². The van der Waals surface area contributed by atoms with Crippen molar-refractivity contribution in [1.29, 1.82) is 0 Å². The van der Waals surface area contributed by atoms with Crippen molar-refractivity contribution in [3.05, 3.63) is 59.2 Å². The van der Waals surface area contributed by atoms with Gasteiger partial charge in [-0.05, 0) is 30.5 Å². The van der Waals surface area contributed by atoms with Gasteiger partial charge >= 0.3 is 0 Å². The predicted octanol–water partition coefficient (Wildman–Crippen LogP) is 1.78. The number of rotatable bonds is 3. The number of aromatic nitrogens is 4. The molecular weight excluding hydrogens is 328 g/mol. The SMILES string of the molecule is CCc1ccc(C2CNCCN2C(=O)c2nc3nccc(C)n3n2)cc1. The molecule has 1 N–H and O–H groups in total. The van der Waals surface area contributed by atoms with Gasteiger partial charge in [0, 0.05) is 31.5 Å². The number of benzene rings is 1. The second-order valence-corrected chi connectivity index (χ2v) is 6.55. The van der Waals surface area contributed by atoms with Crippen molar-refractivity contribution in [2.45, 2.75) is 26.3 Å². The summed E-state index contributed by atoms with van der Waals surface area (Å²) in [5.41, 5.74) is 3.31. The number of carbonyl (C=O) groups is 1. The molecule has 3 aromatic rings. The lowest BCUT2D eigenvalue weighted by Crippen LogP contribution is -2.49. The summed E-state index contributed by atoms with van der Waals surface area (Å²) in [4.78, 5) is 23.5. The Morgan fingerprint density at radius 3 is 2.81 bits per heavy atom. The third-order valence-electron chi connectivity index (χ3n) is 4.90. The van der Waals surface area contributed by atoms with Crippen LogP contribution < -0.4 is 5.32 Å². The average Bonchev–Trinajstić information content (AvgIpc) is 3.13. The Kier molecular flexibility index (Phi) is 4.38. The van der Waals surface area contributed by atoms with Gasteiger partial charge in [0.15, 0.2) is 0 Å². The third kappa shape index (κ3) is 2.94. The van der Waals surface area contributed by atoms with Crippen LogP contribution in [0.5, 0.6) is 0 Å². The molecule has 1 unspecified atom stereocenters. The lowest BCUT2D eigenvalue weighted by Gasteiger charge is -2.36. The second-order valence-electron chi connectivity index (χ2n) is 6.55. The molecule has 1 atom stereocenters. The highest BCUT2D eigenvalue weighted by Crippen LogP contribution is 2.24. The van der Waals surface area contributed by atoms with Crippen LogP contribution in [-0.4, -0.2) is 50.0 Å². The molecule has 1 saturated heterocycles. The smallest absolute Gasteiger partial charge is 0.294 e. The van der Waals surface area contributed by atoms with E-state index in [1.54, 1.807) is 10.7 Å². The number of nitrogens with zero attached hydrogens (tertiary/aromatic N) is 5. The zero-order chi connectivity index (χ0) is 18.1. The van der Waals surface area contributed by atoms with Crippen molar-refractivity contribution in [3.8, 4) is 0 Å². The van der Waals surface area contributed by atoms with Gasteiger partial charge in [0.1, 0.15) is 0 Å². The minimum atomic E-state index is -0.152. The molecule has 0 radical (unpaired) electrons. The third-order valence-corrected chi connectivity index (χ3v) is 4.90. The fourth-order valence-electron chi connectivity index (χ4n) is 3.35. The van der Waals surface area contributed by atoms with Crippen LogP contribution in [-0.2, 0) is 6.42 Å². The summed E-state index contributed by atoms with van der Waals surface area (Å²) in [5, 5.41) is 7.76. The van der Waals surface area contributed by atoms with E-state index in [1.165, 1.54) is 5.56 Å². The molecule has 4 rings (SSSR count). The zero-order valence-electron chi connectivity index (χ0n) is 15.0. The average molecular weight is 350 g/mol. The monoisotopic (exact) mass is 350 g/mol. The first kappa shape index (κ1) is 16.7. The van der Waals surface area contributed by atoms with Gasteiger partial charge in [0.05, 0.1) is 6.04 Å².